The number of amides is 1. The second kappa shape index (κ2) is 5.28. The largest absolute Gasteiger partial charge is 0.497 e. The number of hydrogen-bond donors (Lipinski definition) is 2. The summed E-state index contributed by atoms with van der Waals surface area (Å²) in [5, 5.41) is 12.7. The van der Waals surface area contributed by atoms with Crippen LogP contribution in [-0.2, 0) is 0 Å². The number of methoxy groups -OCH3 is 1. The second-order valence-electron chi connectivity index (χ2n) is 4.61. The smallest absolute Gasteiger partial charge is 0.252 e. The molecule has 1 fully saturated rings. The Morgan fingerprint density at radius 3 is 2.83 bits per heavy atom. The van der Waals surface area contributed by atoms with Crippen LogP contribution in [0.4, 0.5) is 0 Å². The molecule has 1 aliphatic rings. The minimum Gasteiger partial charge on any atom is -0.497 e. The first-order valence-corrected chi connectivity index (χ1v) is 6.67. The number of ether oxygens (including phenoxy) is 1. The second-order valence-corrected chi connectivity index (χ2v) is 5.46. The number of aliphatic hydroxyl groups is 1. The summed E-state index contributed by atoms with van der Waals surface area (Å²) in [6, 6.07) is 5.22. The molecule has 1 saturated carbocycles. The van der Waals surface area contributed by atoms with Gasteiger partial charge in [0, 0.05) is 11.0 Å². The van der Waals surface area contributed by atoms with Gasteiger partial charge in [0.15, 0.2) is 0 Å². The molecule has 1 aromatic carbocycles. The molecule has 0 atom stereocenters. The molecular weight excluding hydrogens is 298 g/mol. The lowest BCUT2D eigenvalue weighted by Gasteiger charge is -2.36. The number of rotatable bonds is 4. The van der Waals surface area contributed by atoms with Gasteiger partial charge in [0.25, 0.3) is 5.91 Å². The van der Waals surface area contributed by atoms with Gasteiger partial charge in [0.05, 0.1) is 18.3 Å². The Hall–Kier alpha value is -1.07. The highest BCUT2D eigenvalue weighted by molar-refractivity contribution is 9.10. The Labute approximate surface area is 114 Å². The molecule has 0 heterocycles. The number of carbonyl (C=O) groups excluding carboxylic acids is 1. The van der Waals surface area contributed by atoms with Crippen molar-refractivity contribution in [1.82, 2.24) is 5.32 Å². The van der Waals surface area contributed by atoms with Crippen molar-refractivity contribution >= 4 is 21.8 Å². The maximum atomic E-state index is 12.0. The molecule has 1 aromatic rings. The summed E-state index contributed by atoms with van der Waals surface area (Å²) < 4.78 is 5.80. The van der Waals surface area contributed by atoms with Crippen molar-refractivity contribution in [1.29, 1.82) is 0 Å². The summed E-state index contributed by atoms with van der Waals surface area (Å²) in [5.74, 6) is 0.423. The molecule has 0 radical (unpaired) electrons. The highest BCUT2D eigenvalue weighted by atomic mass is 79.9. The van der Waals surface area contributed by atoms with Crippen LogP contribution in [0.5, 0.6) is 5.75 Å². The van der Waals surface area contributed by atoms with Crippen LogP contribution in [0.2, 0.25) is 0 Å². The van der Waals surface area contributed by atoms with E-state index in [1.807, 2.05) is 0 Å². The van der Waals surface area contributed by atoms with Crippen LogP contribution in [0.1, 0.15) is 29.6 Å². The van der Waals surface area contributed by atoms with E-state index >= 15 is 0 Å². The van der Waals surface area contributed by atoms with Crippen molar-refractivity contribution in [3.8, 4) is 5.75 Å². The molecule has 98 valence electrons. The van der Waals surface area contributed by atoms with Crippen LogP contribution in [0.25, 0.3) is 0 Å². The molecule has 1 amide bonds. The van der Waals surface area contributed by atoms with Crippen LogP contribution < -0.4 is 10.1 Å². The van der Waals surface area contributed by atoms with Crippen molar-refractivity contribution in [3.05, 3.63) is 28.2 Å². The van der Waals surface area contributed by atoms with E-state index in [0.29, 0.717) is 22.3 Å². The van der Waals surface area contributed by atoms with Crippen molar-refractivity contribution in [3.63, 3.8) is 0 Å². The Morgan fingerprint density at radius 2 is 2.28 bits per heavy atom. The molecule has 18 heavy (non-hydrogen) atoms. The first-order chi connectivity index (χ1) is 8.54. The molecule has 0 bridgehead atoms. The topological polar surface area (TPSA) is 58.6 Å². The van der Waals surface area contributed by atoms with Gasteiger partial charge in [-0.2, -0.15) is 0 Å². The van der Waals surface area contributed by atoms with Gasteiger partial charge in [0.1, 0.15) is 5.75 Å². The summed E-state index contributed by atoms with van der Waals surface area (Å²) in [6.07, 6.45) is 2.54. The van der Waals surface area contributed by atoms with Crippen LogP contribution in [-0.4, -0.2) is 30.3 Å². The van der Waals surface area contributed by atoms with E-state index in [0.717, 1.165) is 19.3 Å². The van der Waals surface area contributed by atoms with Gasteiger partial charge in [-0.3, -0.25) is 4.79 Å². The Kier molecular flexibility index (Phi) is 3.92. The maximum Gasteiger partial charge on any atom is 0.252 e. The van der Waals surface area contributed by atoms with Crippen LogP contribution in [0.3, 0.4) is 0 Å². The number of carbonyl (C=O) groups is 1. The molecule has 0 spiro atoms. The lowest BCUT2D eigenvalue weighted by Crippen LogP contribution is -2.47. The average molecular weight is 314 g/mol. The molecule has 0 saturated heterocycles. The van der Waals surface area contributed by atoms with Crippen LogP contribution >= 0.6 is 15.9 Å². The molecule has 4 nitrogen and oxygen atoms in total. The van der Waals surface area contributed by atoms with Gasteiger partial charge < -0.3 is 15.2 Å². The third-order valence-electron chi connectivity index (χ3n) is 3.28. The molecular formula is C13H16BrNO3. The first kappa shape index (κ1) is 13.4. The molecule has 1 aliphatic carbocycles. The zero-order valence-electron chi connectivity index (χ0n) is 10.2. The summed E-state index contributed by atoms with van der Waals surface area (Å²) in [6.45, 7) is 0.301. The van der Waals surface area contributed by atoms with Gasteiger partial charge >= 0.3 is 0 Å². The van der Waals surface area contributed by atoms with E-state index in [-0.39, 0.29) is 5.91 Å². The van der Waals surface area contributed by atoms with Gasteiger partial charge in [-0.1, -0.05) is 0 Å². The van der Waals surface area contributed by atoms with Gasteiger partial charge in [-0.15, -0.1) is 0 Å². The normalized spacial score (nSPS) is 16.8. The lowest BCUT2D eigenvalue weighted by atomic mass is 9.80. The molecule has 5 heteroatoms. The highest BCUT2D eigenvalue weighted by Gasteiger charge is 2.34. The van der Waals surface area contributed by atoms with E-state index in [4.69, 9.17) is 4.74 Å². The Bertz CT molecular complexity index is 458. The first-order valence-electron chi connectivity index (χ1n) is 5.88. The van der Waals surface area contributed by atoms with E-state index < -0.39 is 5.60 Å². The summed E-state index contributed by atoms with van der Waals surface area (Å²) in [5.41, 5.74) is -0.196. The SMILES string of the molecule is COc1ccc(Br)c(C(=O)NCC2(O)CCC2)c1. The van der Waals surface area contributed by atoms with Gasteiger partial charge in [-0.05, 0) is 53.4 Å². The molecule has 2 N–H and O–H groups in total. The molecule has 0 aromatic heterocycles. The highest BCUT2D eigenvalue weighted by Crippen LogP contribution is 2.31. The van der Waals surface area contributed by atoms with E-state index in [1.54, 1.807) is 25.3 Å². The minimum atomic E-state index is -0.707. The minimum absolute atomic E-state index is 0.207. The van der Waals surface area contributed by atoms with Gasteiger partial charge in [-0.25, -0.2) is 0 Å². The van der Waals surface area contributed by atoms with Crippen LogP contribution in [0.15, 0.2) is 22.7 Å². The molecule has 0 unspecified atom stereocenters. The zero-order valence-corrected chi connectivity index (χ0v) is 11.8. The predicted octanol–water partition coefficient (Wildman–Crippen LogP) is 2.10. The summed E-state index contributed by atoms with van der Waals surface area (Å²) >= 11 is 3.33. The Balaban J connectivity index is 2.03. The quantitative estimate of drug-likeness (QED) is 0.895. The fraction of sp³-hybridized carbons (Fsp3) is 0.462. The van der Waals surface area contributed by atoms with E-state index in [2.05, 4.69) is 21.2 Å². The number of benzene rings is 1. The summed E-state index contributed by atoms with van der Waals surface area (Å²) in [7, 11) is 1.56. The van der Waals surface area contributed by atoms with E-state index in [1.165, 1.54) is 0 Å². The average Bonchev–Trinajstić information content (AvgIpc) is 2.34. The van der Waals surface area contributed by atoms with Gasteiger partial charge in [0.2, 0.25) is 0 Å². The maximum absolute atomic E-state index is 12.0. The number of nitrogens with one attached hydrogen (secondary N) is 1. The third kappa shape index (κ3) is 2.84. The molecule has 2 rings (SSSR count). The summed E-state index contributed by atoms with van der Waals surface area (Å²) in [4.78, 5) is 12.0. The number of hydrogen-bond acceptors (Lipinski definition) is 3. The Morgan fingerprint density at radius 1 is 1.56 bits per heavy atom. The van der Waals surface area contributed by atoms with Crippen molar-refractivity contribution in [2.75, 3.05) is 13.7 Å². The molecule has 0 aliphatic heterocycles. The zero-order chi connectivity index (χ0) is 13.2. The predicted molar refractivity (Wildman–Crippen MR) is 71.8 cm³/mol. The van der Waals surface area contributed by atoms with Crippen molar-refractivity contribution in [2.45, 2.75) is 24.9 Å². The fourth-order valence-electron chi connectivity index (χ4n) is 1.91. The lowest BCUT2D eigenvalue weighted by molar-refractivity contribution is -0.0300. The van der Waals surface area contributed by atoms with Crippen molar-refractivity contribution < 1.29 is 14.6 Å². The number of halogens is 1. The van der Waals surface area contributed by atoms with Crippen LogP contribution in [0, 0.1) is 0 Å². The standard InChI is InChI=1S/C13H16BrNO3/c1-18-9-3-4-11(14)10(7-9)12(16)15-8-13(17)5-2-6-13/h3-4,7,17H,2,5-6,8H2,1H3,(H,15,16). The van der Waals surface area contributed by atoms with Crippen molar-refractivity contribution in [2.24, 2.45) is 0 Å². The van der Waals surface area contributed by atoms with E-state index in [9.17, 15) is 9.90 Å². The monoisotopic (exact) mass is 313 g/mol. The fourth-order valence-corrected chi connectivity index (χ4v) is 2.33. The third-order valence-corrected chi connectivity index (χ3v) is 3.97.